The van der Waals surface area contributed by atoms with Gasteiger partial charge >= 0.3 is 6.03 Å². The number of likely N-dealkylation sites (N-methyl/N-ethyl adjacent to an activating group) is 1. The summed E-state index contributed by atoms with van der Waals surface area (Å²) in [6, 6.07) is 18.1. The van der Waals surface area contributed by atoms with Crippen LogP contribution in [-0.4, -0.2) is 110 Å². The Morgan fingerprint density at radius 3 is 2.54 bits per heavy atom. The van der Waals surface area contributed by atoms with Crippen molar-refractivity contribution in [3.63, 3.8) is 0 Å². The third-order valence-corrected chi connectivity index (χ3v) is 9.18. The Hall–Kier alpha value is -4.19. The van der Waals surface area contributed by atoms with Gasteiger partial charge in [-0.15, -0.1) is 0 Å². The summed E-state index contributed by atoms with van der Waals surface area (Å²) < 4.78 is 12.7. The van der Waals surface area contributed by atoms with Crippen molar-refractivity contribution in [1.29, 1.82) is 0 Å². The summed E-state index contributed by atoms with van der Waals surface area (Å²) in [5, 5.41) is 18.3. The van der Waals surface area contributed by atoms with Gasteiger partial charge in [0.1, 0.15) is 5.75 Å². The maximum atomic E-state index is 14.4. The number of aliphatic hydroxyl groups excluding tert-OH is 1. The van der Waals surface area contributed by atoms with Gasteiger partial charge in [-0.2, -0.15) is 0 Å². The number of carbonyl (C=O) groups excluding carboxylic acids is 3. The van der Waals surface area contributed by atoms with E-state index in [0.29, 0.717) is 43.0 Å². The number of nitrogens with zero attached hydrogens (tertiary/aromatic N) is 3. The minimum atomic E-state index is -0.513. The van der Waals surface area contributed by atoms with Crippen LogP contribution in [0.3, 0.4) is 0 Å². The molecule has 1 aliphatic rings. The van der Waals surface area contributed by atoms with Gasteiger partial charge in [0.15, 0.2) is 0 Å². The van der Waals surface area contributed by atoms with Crippen LogP contribution in [0.15, 0.2) is 60.7 Å². The van der Waals surface area contributed by atoms with E-state index >= 15 is 0 Å². The van der Waals surface area contributed by atoms with E-state index in [4.69, 9.17) is 9.47 Å². The van der Waals surface area contributed by atoms with Crippen LogP contribution < -0.4 is 15.4 Å². The van der Waals surface area contributed by atoms with Crippen molar-refractivity contribution in [2.24, 2.45) is 5.92 Å². The second-order valence-corrected chi connectivity index (χ2v) is 13.8. The van der Waals surface area contributed by atoms with E-state index in [1.165, 1.54) is 0 Å². The molecule has 0 aromatic heterocycles. The van der Waals surface area contributed by atoms with Crippen LogP contribution in [0.25, 0.3) is 10.8 Å². The smallest absolute Gasteiger partial charge is 0.321 e. The molecule has 272 valence electrons. The van der Waals surface area contributed by atoms with E-state index in [9.17, 15) is 19.5 Å². The largest absolute Gasteiger partial charge is 0.490 e. The van der Waals surface area contributed by atoms with E-state index in [1.807, 2.05) is 75.3 Å². The van der Waals surface area contributed by atoms with Gasteiger partial charge in [-0.1, -0.05) is 43.3 Å². The first-order valence-electron chi connectivity index (χ1n) is 17.7. The SMILES string of the molecule is C[C@@H]1CN([C@@H](C)CO)C(=O)c2cc(NC(=O)CCCN(C)C)ccc2O[C@@H](C)CCCCO[C@H]1CN(C)C(=O)Nc1cccc2ccccc12. The van der Waals surface area contributed by atoms with Crippen LogP contribution >= 0.6 is 0 Å². The van der Waals surface area contributed by atoms with Gasteiger partial charge in [-0.3, -0.25) is 9.59 Å². The zero-order chi connectivity index (χ0) is 36.2. The average molecular weight is 690 g/mol. The number of benzene rings is 3. The van der Waals surface area contributed by atoms with Crippen LogP contribution in [0.4, 0.5) is 16.2 Å². The fraction of sp³-hybridized carbons (Fsp3) is 0.513. The summed E-state index contributed by atoms with van der Waals surface area (Å²) in [7, 11) is 5.68. The van der Waals surface area contributed by atoms with E-state index in [-0.39, 0.29) is 49.1 Å². The molecule has 11 nitrogen and oxygen atoms in total. The highest BCUT2D eigenvalue weighted by molar-refractivity contribution is 6.02. The summed E-state index contributed by atoms with van der Waals surface area (Å²) in [5.41, 5.74) is 1.55. The molecule has 3 aromatic rings. The standard InChI is InChI=1S/C39H55N5O6/c1-27-24-44(28(2)26-45)38(47)33-23-31(40-37(46)18-12-21-42(4)5)19-20-35(33)50-29(3)13-9-10-22-49-36(27)25-43(6)39(48)41-34-17-11-15-30-14-7-8-16-32(30)34/h7-8,11,14-17,19-20,23,27-29,36,45H,9-10,12-13,18,21-22,24-26H2,1-6H3,(H,40,46)(H,41,48)/t27-,28+,29+,36+/m1/s1. The molecule has 1 aliphatic heterocycles. The third kappa shape index (κ3) is 10.9. The first-order valence-corrected chi connectivity index (χ1v) is 17.7. The maximum Gasteiger partial charge on any atom is 0.321 e. The molecule has 0 aliphatic carbocycles. The van der Waals surface area contributed by atoms with Crippen molar-refractivity contribution < 1.29 is 29.0 Å². The number of nitrogens with one attached hydrogen (secondary N) is 2. The minimum Gasteiger partial charge on any atom is -0.490 e. The van der Waals surface area contributed by atoms with Crippen molar-refractivity contribution in [1.82, 2.24) is 14.7 Å². The molecule has 3 aromatic carbocycles. The topological polar surface area (TPSA) is 124 Å². The van der Waals surface area contributed by atoms with E-state index in [1.54, 1.807) is 42.0 Å². The van der Waals surface area contributed by atoms with Gasteiger partial charge in [0.25, 0.3) is 5.91 Å². The quantitative estimate of drug-likeness (QED) is 0.236. The first kappa shape index (κ1) is 38.6. The Bertz CT molecular complexity index is 1580. The van der Waals surface area contributed by atoms with Crippen LogP contribution in [0.2, 0.25) is 0 Å². The molecule has 0 spiro atoms. The fourth-order valence-corrected chi connectivity index (χ4v) is 6.14. The Morgan fingerprint density at radius 1 is 1.02 bits per heavy atom. The average Bonchev–Trinajstić information content (AvgIpc) is 3.09. The number of carbonyl (C=O) groups is 3. The van der Waals surface area contributed by atoms with Crippen LogP contribution in [0, 0.1) is 5.92 Å². The lowest BCUT2D eigenvalue weighted by molar-refractivity contribution is -0.116. The van der Waals surface area contributed by atoms with Crippen molar-refractivity contribution in [3.8, 4) is 5.75 Å². The summed E-state index contributed by atoms with van der Waals surface area (Å²) in [4.78, 5) is 45.9. The van der Waals surface area contributed by atoms with Gasteiger partial charge in [0.05, 0.1) is 36.1 Å². The molecule has 11 heteroatoms. The number of hydrogen-bond donors (Lipinski definition) is 3. The molecule has 0 fully saturated rings. The third-order valence-electron chi connectivity index (χ3n) is 9.18. The number of urea groups is 1. The normalized spacial score (nSPS) is 19.6. The molecule has 0 bridgehead atoms. The van der Waals surface area contributed by atoms with Gasteiger partial charge in [0, 0.05) is 50.2 Å². The molecule has 50 heavy (non-hydrogen) atoms. The number of fused-ring (bicyclic) bond motifs is 2. The fourth-order valence-electron chi connectivity index (χ4n) is 6.14. The Labute approximate surface area is 296 Å². The highest BCUT2D eigenvalue weighted by Gasteiger charge is 2.31. The Kier molecular flexibility index (Phi) is 14.4. The van der Waals surface area contributed by atoms with E-state index < -0.39 is 6.04 Å². The molecular formula is C39H55N5O6. The predicted octanol–water partition coefficient (Wildman–Crippen LogP) is 6.08. The Balaban J connectivity index is 1.56. The summed E-state index contributed by atoms with van der Waals surface area (Å²) in [6.45, 7) is 7.39. The maximum absolute atomic E-state index is 14.4. The van der Waals surface area contributed by atoms with E-state index in [2.05, 4.69) is 10.6 Å². The van der Waals surface area contributed by atoms with Crippen molar-refractivity contribution in [2.75, 3.05) is 64.6 Å². The number of aliphatic hydroxyl groups is 1. The van der Waals surface area contributed by atoms with Gasteiger partial charge < -0.3 is 39.9 Å². The minimum absolute atomic E-state index is 0.128. The molecule has 0 saturated heterocycles. The molecule has 4 atom stereocenters. The first-order chi connectivity index (χ1) is 24.0. The van der Waals surface area contributed by atoms with E-state index in [0.717, 1.165) is 42.3 Å². The summed E-state index contributed by atoms with van der Waals surface area (Å²) in [5.74, 6) is -0.212. The van der Waals surface area contributed by atoms with Gasteiger partial charge in [-0.05, 0) is 89.8 Å². The Morgan fingerprint density at radius 2 is 1.78 bits per heavy atom. The number of amides is 4. The van der Waals surface area contributed by atoms with Crippen LogP contribution in [0.5, 0.6) is 5.75 Å². The van der Waals surface area contributed by atoms with Crippen molar-refractivity contribution >= 4 is 40.0 Å². The molecule has 0 saturated carbocycles. The second kappa shape index (κ2) is 18.7. The lowest BCUT2D eigenvalue weighted by Gasteiger charge is -2.35. The van der Waals surface area contributed by atoms with Gasteiger partial charge in [-0.25, -0.2) is 4.79 Å². The predicted molar refractivity (Wildman–Crippen MR) is 199 cm³/mol. The number of ether oxygens (including phenoxy) is 2. The zero-order valence-corrected chi connectivity index (χ0v) is 30.5. The molecule has 3 N–H and O–H groups in total. The van der Waals surface area contributed by atoms with Crippen molar-refractivity contribution in [2.45, 2.75) is 71.1 Å². The molecule has 0 unspecified atom stereocenters. The van der Waals surface area contributed by atoms with Crippen molar-refractivity contribution in [3.05, 3.63) is 66.2 Å². The van der Waals surface area contributed by atoms with Gasteiger partial charge in [0.2, 0.25) is 5.91 Å². The molecule has 4 amide bonds. The second-order valence-electron chi connectivity index (χ2n) is 13.8. The van der Waals surface area contributed by atoms with Crippen LogP contribution in [-0.2, 0) is 9.53 Å². The number of rotatable bonds is 10. The number of anilines is 2. The highest BCUT2D eigenvalue weighted by Crippen LogP contribution is 2.29. The molecular weight excluding hydrogens is 634 g/mol. The number of hydrogen-bond acceptors (Lipinski definition) is 7. The summed E-state index contributed by atoms with van der Waals surface area (Å²) in [6.07, 6.45) is 2.94. The molecule has 4 rings (SSSR count). The lowest BCUT2D eigenvalue weighted by Crippen LogP contribution is -2.48. The highest BCUT2D eigenvalue weighted by atomic mass is 16.5. The lowest BCUT2D eigenvalue weighted by atomic mass is 10.0. The molecule has 0 radical (unpaired) electrons. The zero-order valence-electron chi connectivity index (χ0n) is 30.5. The monoisotopic (exact) mass is 689 g/mol. The molecule has 1 heterocycles. The summed E-state index contributed by atoms with van der Waals surface area (Å²) >= 11 is 0. The van der Waals surface area contributed by atoms with Crippen LogP contribution in [0.1, 0.15) is 63.2 Å².